The third-order valence-corrected chi connectivity index (χ3v) is 2.23. The molecule has 0 aliphatic carbocycles. The van der Waals surface area contributed by atoms with Gasteiger partial charge in [-0.2, -0.15) is 0 Å². The van der Waals surface area contributed by atoms with Crippen LogP contribution >= 0.6 is 0 Å². The van der Waals surface area contributed by atoms with Gasteiger partial charge >= 0.3 is 0 Å². The lowest BCUT2D eigenvalue weighted by atomic mass is 10.3. The van der Waals surface area contributed by atoms with Gasteiger partial charge in [0, 0.05) is 26.2 Å². The van der Waals surface area contributed by atoms with Crippen molar-refractivity contribution in [3.8, 4) is 0 Å². The molecule has 1 heterocycles. The highest BCUT2D eigenvalue weighted by Crippen LogP contribution is 2.05. The predicted molar refractivity (Wildman–Crippen MR) is 54.8 cm³/mol. The van der Waals surface area contributed by atoms with E-state index >= 15 is 0 Å². The number of rotatable bonds is 2. The van der Waals surface area contributed by atoms with Crippen molar-refractivity contribution in [3.05, 3.63) is 12.2 Å². The van der Waals surface area contributed by atoms with Crippen LogP contribution in [0.4, 0.5) is 0 Å². The quantitative estimate of drug-likeness (QED) is 0.642. The van der Waals surface area contributed by atoms with E-state index in [4.69, 9.17) is 10.5 Å². The molecule has 4 heteroatoms. The van der Waals surface area contributed by atoms with Crippen LogP contribution in [0.5, 0.6) is 0 Å². The molecule has 80 valence electrons. The molecule has 0 spiro atoms. The molecule has 0 radical (unpaired) electrons. The average molecular weight is 198 g/mol. The summed E-state index contributed by atoms with van der Waals surface area (Å²) in [6.07, 6.45) is 4.22. The monoisotopic (exact) mass is 198 g/mol. The Morgan fingerprint density at radius 2 is 2.50 bits per heavy atom. The van der Waals surface area contributed by atoms with E-state index in [0.717, 1.165) is 13.0 Å². The zero-order chi connectivity index (χ0) is 10.4. The molecule has 0 aromatic heterocycles. The van der Waals surface area contributed by atoms with Crippen molar-refractivity contribution in [2.75, 3.05) is 26.2 Å². The second kappa shape index (κ2) is 5.78. The van der Waals surface area contributed by atoms with Crippen molar-refractivity contribution < 1.29 is 9.53 Å². The molecule has 0 saturated carbocycles. The second-order valence-corrected chi connectivity index (χ2v) is 3.37. The summed E-state index contributed by atoms with van der Waals surface area (Å²) in [5.74, 6) is 0.0523. The lowest BCUT2D eigenvalue weighted by Crippen LogP contribution is -2.38. The van der Waals surface area contributed by atoms with E-state index < -0.39 is 0 Å². The van der Waals surface area contributed by atoms with Gasteiger partial charge in [0.25, 0.3) is 0 Å². The van der Waals surface area contributed by atoms with Gasteiger partial charge in [-0.25, -0.2) is 0 Å². The van der Waals surface area contributed by atoms with Crippen LogP contribution in [0.15, 0.2) is 12.2 Å². The molecular formula is C10H18N2O2. The zero-order valence-corrected chi connectivity index (χ0v) is 8.61. The predicted octanol–water partition coefficient (Wildman–Crippen LogP) is 0.139. The average Bonchev–Trinajstić information content (AvgIpc) is 2.43. The van der Waals surface area contributed by atoms with Gasteiger partial charge in [0.15, 0.2) is 0 Å². The summed E-state index contributed by atoms with van der Waals surface area (Å²) in [7, 11) is 0. The number of hydrogen-bond acceptors (Lipinski definition) is 3. The Morgan fingerprint density at radius 3 is 3.14 bits per heavy atom. The van der Waals surface area contributed by atoms with E-state index in [1.165, 1.54) is 0 Å². The first kappa shape index (κ1) is 11.2. The van der Waals surface area contributed by atoms with E-state index in [2.05, 4.69) is 0 Å². The van der Waals surface area contributed by atoms with E-state index in [1.807, 2.05) is 6.92 Å². The van der Waals surface area contributed by atoms with Crippen molar-refractivity contribution in [2.45, 2.75) is 19.4 Å². The fourth-order valence-electron chi connectivity index (χ4n) is 1.49. The largest absolute Gasteiger partial charge is 0.375 e. The molecule has 1 atom stereocenters. The minimum Gasteiger partial charge on any atom is -0.375 e. The van der Waals surface area contributed by atoms with Crippen molar-refractivity contribution >= 4 is 5.91 Å². The molecule has 1 aliphatic heterocycles. The van der Waals surface area contributed by atoms with Gasteiger partial charge in [-0.15, -0.1) is 0 Å². The fourth-order valence-corrected chi connectivity index (χ4v) is 1.49. The first-order valence-corrected chi connectivity index (χ1v) is 5.01. The molecule has 1 amide bonds. The minimum absolute atomic E-state index is 0.00768. The van der Waals surface area contributed by atoms with Crippen LogP contribution in [-0.4, -0.2) is 43.2 Å². The molecule has 0 aromatic carbocycles. The van der Waals surface area contributed by atoms with E-state index in [1.54, 1.807) is 17.1 Å². The molecule has 1 aliphatic rings. The van der Waals surface area contributed by atoms with Crippen LogP contribution in [0.1, 0.15) is 13.3 Å². The molecule has 1 rings (SSSR count). The van der Waals surface area contributed by atoms with Crippen LogP contribution < -0.4 is 5.73 Å². The summed E-state index contributed by atoms with van der Waals surface area (Å²) < 4.78 is 5.47. The van der Waals surface area contributed by atoms with Crippen molar-refractivity contribution in [3.63, 3.8) is 0 Å². The molecule has 4 nitrogen and oxygen atoms in total. The third-order valence-electron chi connectivity index (χ3n) is 2.23. The van der Waals surface area contributed by atoms with Crippen molar-refractivity contribution in [2.24, 2.45) is 5.73 Å². The maximum atomic E-state index is 11.6. The van der Waals surface area contributed by atoms with Gasteiger partial charge in [-0.05, 0) is 19.4 Å². The highest BCUT2D eigenvalue weighted by Gasteiger charge is 2.19. The Bertz CT molecular complexity index is 216. The summed E-state index contributed by atoms with van der Waals surface area (Å²) in [6.45, 7) is 4.38. The van der Waals surface area contributed by atoms with Crippen LogP contribution in [0.2, 0.25) is 0 Å². The highest BCUT2D eigenvalue weighted by molar-refractivity contribution is 5.87. The molecule has 0 bridgehead atoms. The van der Waals surface area contributed by atoms with E-state index in [9.17, 15) is 4.79 Å². The number of nitrogens with zero attached hydrogens (tertiary/aromatic N) is 1. The molecule has 1 unspecified atom stereocenters. The van der Waals surface area contributed by atoms with Crippen LogP contribution in [-0.2, 0) is 9.53 Å². The van der Waals surface area contributed by atoms with Gasteiger partial charge in [-0.1, -0.05) is 6.08 Å². The molecular weight excluding hydrogens is 180 g/mol. The number of carbonyl (C=O) groups excluding carboxylic acids is 1. The first-order chi connectivity index (χ1) is 6.77. The number of amides is 1. The summed E-state index contributed by atoms with van der Waals surface area (Å²) in [6, 6.07) is 0. The standard InChI is InChI=1S/C10H18N2O2/c1-2-4-10(13)12-5-3-6-14-9(7-11)8-12/h2,4,9H,3,5-8,11H2,1H3/b4-2+. The smallest absolute Gasteiger partial charge is 0.246 e. The summed E-state index contributed by atoms with van der Waals surface area (Å²) >= 11 is 0. The maximum absolute atomic E-state index is 11.6. The number of hydrogen-bond donors (Lipinski definition) is 1. The molecule has 1 saturated heterocycles. The van der Waals surface area contributed by atoms with Gasteiger partial charge in [0.1, 0.15) is 0 Å². The maximum Gasteiger partial charge on any atom is 0.246 e. The highest BCUT2D eigenvalue weighted by atomic mass is 16.5. The molecule has 14 heavy (non-hydrogen) atoms. The number of carbonyl (C=O) groups is 1. The Hall–Kier alpha value is -0.870. The van der Waals surface area contributed by atoms with E-state index in [-0.39, 0.29) is 12.0 Å². The number of allylic oxidation sites excluding steroid dienone is 1. The topological polar surface area (TPSA) is 55.6 Å². The normalized spacial score (nSPS) is 23.9. The lowest BCUT2D eigenvalue weighted by Gasteiger charge is -2.21. The van der Waals surface area contributed by atoms with Gasteiger partial charge in [0.2, 0.25) is 5.91 Å². The second-order valence-electron chi connectivity index (χ2n) is 3.37. The SMILES string of the molecule is C/C=C/C(=O)N1CCCOC(CN)C1. The Labute approximate surface area is 84.7 Å². The van der Waals surface area contributed by atoms with Crippen molar-refractivity contribution in [1.29, 1.82) is 0 Å². The zero-order valence-electron chi connectivity index (χ0n) is 8.61. The fraction of sp³-hybridized carbons (Fsp3) is 0.700. The lowest BCUT2D eigenvalue weighted by molar-refractivity contribution is -0.126. The van der Waals surface area contributed by atoms with Crippen LogP contribution in [0.25, 0.3) is 0 Å². The van der Waals surface area contributed by atoms with Crippen LogP contribution in [0, 0.1) is 0 Å². The summed E-state index contributed by atoms with van der Waals surface area (Å²) in [5.41, 5.74) is 5.53. The summed E-state index contributed by atoms with van der Waals surface area (Å²) in [4.78, 5) is 13.4. The van der Waals surface area contributed by atoms with Crippen LogP contribution in [0.3, 0.4) is 0 Å². The Balaban J connectivity index is 2.54. The third kappa shape index (κ3) is 3.12. The van der Waals surface area contributed by atoms with Gasteiger partial charge < -0.3 is 15.4 Å². The first-order valence-electron chi connectivity index (χ1n) is 5.01. The Morgan fingerprint density at radius 1 is 1.71 bits per heavy atom. The van der Waals surface area contributed by atoms with E-state index in [0.29, 0.717) is 19.7 Å². The van der Waals surface area contributed by atoms with Gasteiger partial charge in [0.05, 0.1) is 6.10 Å². The molecule has 0 aromatic rings. The number of nitrogens with two attached hydrogens (primary N) is 1. The Kier molecular flexibility index (Phi) is 4.62. The van der Waals surface area contributed by atoms with Crippen molar-refractivity contribution in [1.82, 2.24) is 4.90 Å². The van der Waals surface area contributed by atoms with Gasteiger partial charge in [-0.3, -0.25) is 4.79 Å². The molecule has 1 fully saturated rings. The minimum atomic E-state index is -0.00768. The molecule has 2 N–H and O–H groups in total. The number of ether oxygens (including phenoxy) is 1. The summed E-state index contributed by atoms with van der Waals surface area (Å²) in [5, 5.41) is 0.